The van der Waals surface area contributed by atoms with Gasteiger partial charge in [0.15, 0.2) is 6.61 Å². The number of anilines is 1. The zero-order valence-corrected chi connectivity index (χ0v) is 9.57. The van der Waals surface area contributed by atoms with Crippen LogP contribution in [-0.2, 0) is 9.63 Å². The number of hydrogen-bond acceptors (Lipinski definition) is 6. The number of carboxylic acid groups (broad SMARTS) is 1. The quantitative estimate of drug-likeness (QED) is 0.621. The Balaban J connectivity index is 2.38. The first-order valence-corrected chi connectivity index (χ1v) is 5.21. The summed E-state index contributed by atoms with van der Waals surface area (Å²) in [4.78, 5) is 29.4. The van der Waals surface area contributed by atoms with Gasteiger partial charge in [-0.3, -0.25) is 20.4 Å². The molecule has 2 aromatic rings. The molecule has 0 radical (unpaired) electrons. The van der Waals surface area contributed by atoms with Gasteiger partial charge in [-0.15, -0.1) is 0 Å². The molecule has 0 aliphatic heterocycles. The molecule has 2 N–H and O–H groups in total. The number of pyridine rings is 1. The van der Waals surface area contributed by atoms with Gasteiger partial charge in [0.05, 0.1) is 10.6 Å². The predicted molar refractivity (Wildman–Crippen MR) is 65.6 cm³/mol. The van der Waals surface area contributed by atoms with Crippen LogP contribution in [0.2, 0.25) is 0 Å². The number of nitro benzene ring substituents is 1. The number of nitrogens with zero attached hydrogens (tertiary/aromatic N) is 2. The highest BCUT2D eigenvalue weighted by Gasteiger charge is 2.15. The summed E-state index contributed by atoms with van der Waals surface area (Å²) in [6.45, 7) is -0.529. The lowest BCUT2D eigenvalue weighted by Crippen LogP contribution is -2.11. The SMILES string of the molecule is O=C(O)CONc1ccc([N+](=O)[O-])c2ncccc12. The van der Waals surface area contributed by atoms with Gasteiger partial charge in [0.25, 0.3) is 5.69 Å². The molecule has 1 heterocycles. The number of carbonyl (C=O) groups is 1. The molecule has 2 rings (SSSR count). The minimum atomic E-state index is -1.13. The Morgan fingerprint density at radius 1 is 1.47 bits per heavy atom. The molecule has 1 aromatic heterocycles. The Morgan fingerprint density at radius 3 is 2.95 bits per heavy atom. The molecule has 19 heavy (non-hydrogen) atoms. The molecular formula is C11H9N3O5. The van der Waals surface area contributed by atoms with Crippen LogP contribution in [0.15, 0.2) is 30.5 Å². The van der Waals surface area contributed by atoms with Crippen molar-refractivity contribution in [2.24, 2.45) is 0 Å². The van der Waals surface area contributed by atoms with E-state index in [1.807, 2.05) is 0 Å². The van der Waals surface area contributed by atoms with E-state index in [0.29, 0.717) is 11.1 Å². The molecule has 8 heteroatoms. The molecular weight excluding hydrogens is 254 g/mol. The Kier molecular flexibility index (Phi) is 3.53. The monoisotopic (exact) mass is 263 g/mol. The van der Waals surface area contributed by atoms with Crippen LogP contribution >= 0.6 is 0 Å². The van der Waals surface area contributed by atoms with Gasteiger partial charge in [0.2, 0.25) is 0 Å². The maximum atomic E-state index is 10.9. The number of rotatable bonds is 5. The molecule has 0 aliphatic carbocycles. The molecule has 0 unspecified atom stereocenters. The van der Waals surface area contributed by atoms with Crippen LogP contribution in [0.4, 0.5) is 11.4 Å². The summed E-state index contributed by atoms with van der Waals surface area (Å²) in [7, 11) is 0. The summed E-state index contributed by atoms with van der Waals surface area (Å²) in [6, 6.07) is 5.96. The summed E-state index contributed by atoms with van der Waals surface area (Å²) in [5.41, 5.74) is 2.93. The molecule has 0 aliphatic rings. The molecule has 1 aromatic carbocycles. The maximum Gasteiger partial charge on any atom is 0.332 e. The van der Waals surface area contributed by atoms with Gasteiger partial charge >= 0.3 is 5.97 Å². The van der Waals surface area contributed by atoms with Crippen molar-refractivity contribution in [3.63, 3.8) is 0 Å². The van der Waals surface area contributed by atoms with Crippen molar-refractivity contribution in [1.29, 1.82) is 0 Å². The minimum absolute atomic E-state index is 0.126. The number of hydrogen-bond donors (Lipinski definition) is 2. The van der Waals surface area contributed by atoms with Gasteiger partial charge in [-0.1, -0.05) is 0 Å². The van der Waals surface area contributed by atoms with E-state index in [9.17, 15) is 14.9 Å². The van der Waals surface area contributed by atoms with Crippen LogP contribution in [0, 0.1) is 10.1 Å². The van der Waals surface area contributed by atoms with Gasteiger partial charge in [-0.25, -0.2) is 9.78 Å². The molecule has 0 fully saturated rings. The minimum Gasteiger partial charge on any atom is -0.479 e. The van der Waals surface area contributed by atoms with E-state index in [4.69, 9.17) is 9.94 Å². The second kappa shape index (κ2) is 5.27. The molecule has 8 nitrogen and oxygen atoms in total. The lowest BCUT2D eigenvalue weighted by atomic mass is 10.1. The lowest BCUT2D eigenvalue weighted by Gasteiger charge is -2.08. The zero-order valence-electron chi connectivity index (χ0n) is 9.57. The van der Waals surface area contributed by atoms with E-state index in [1.165, 1.54) is 18.3 Å². The van der Waals surface area contributed by atoms with E-state index in [0.717, 1.165) is 0 Å². The first kappa shape index (κ1) is 12.7. The standard InChI is InChI=1S/C11H9N3O5/c15-10(16)6-19-13-8-3-4-9(14(17)18)11-7(8)2-1-5-12-11/h1-5,13H,6H2,(H,15,16). The summed E-state index contributed by atoms with van der Waals surface area (Å²) >= 11 is 0. The zero-order chi connectivity index (χ0) is 13.8. The third kappa shape index (κ3) is 2.75. The molecule has 0 atom stereocenters. The van der Waals surface area contributed by atoms with Crippen molar-refractivity contribution in [2.75, 3.05) is 12.1 Å². The molecule has 0 saturated carbocycles. The molecule has 0 bridgehead atoms. The van der Waals surface area contributed by atoms with Crippen LogP contribution in [0.3, 0.4) is 0 Å². The summed E-state index contributed by atoms with van der Waals surface area (Å²) in [6.07, 6.45) is 1.44. The number of fused-ring (bicyclic) bond motifs is 1. The Labute approximate surface area is 106 Å². The van der Waals surface area contributed by atoms with Gasteiger partial charge < -0.3 is 5.11 Å². The number of benzene rings is 1. The van der Waals surface area contributed by atoms with Crippen molar-refractivity contribution in [3.05, 3.63) is 40.6 Å². The molecule has 0 spiro atoms. The fourth-order valence-electron chi connectivity index (χ4n) is 1.57. The number of nitrogens with one attached hydrogen (secondary N) is 1. The normalized spacial score (nSPS) is 10.3. The molecule has 0 saturated heterocycles. The van der Waals surface area contributed by atoms with Crippen molar-refractivity contribution in [1.82, 2.24) is 4.98 Å². The first-order valence-electron chi connectivity index (χ1n) is 5.21. The van der Waals surface area contributed by atoms with Crippen molar-refractivity contribution in [3.8, 4) is 0 Å². The third-order valence-electron chi connectivity index (χ3n) is 2.32. The maximum absolute atomic E-state index is 10.9. The number of carboxylic acids is 1. The fourth-order valence-corrected chi connectivity index (χ4v) is 1.57. The van der Waals surface area contributed by atoms with E-state index >= 15 is 0 Å². The van der Waals surface area contributed by atoms with E-state index in [-0.39, 0.29) is 11.2 Å². The summed E-state index contributed by atoms with van der Waals surface area (Å²) in [5.74, 6) is -1.13. The van der Waals surface area contributed by atoms with Gasteiger partial charge in [0.1, 0.15) is 5.52 Å². The predicted octanol–water partition coefficient (Wildman–Crippen LogP) is 1.57. The van der Waals surface area contributed by atoms with Crippen LogP contribution in [0.1, 0.15) is 0 Å². The first-order chi connectivity index (χ1) is 9.09. The van der Waals surface area contributed by atoms with Crippen molar-refractivity contribution >= 4 is 28.2 Å². The Morgan fingerprint density at radius 2 is 2.26 bits per heavy atom. The van der Waals surface area contributed by atoms with Gasteiger partial charge in [0, 0.05) is 17.6 Å². The highest BCUT2D eigenvalue weighted by Crippen LogP contribution is 2.29. The fraction of sp³-hybridized carbons (Fsp3) is 0.0909. The third-order valence-corrected chi connectivity index (χ3v) is 2.32. The van der Waals surface area contributed by atoms with Crippen LogP contribution in [0.5, 0.6) is 0 Å². The molecule has 0 amide bonds. The largest absolute Gasteiger partial charge is 0.479 e. The topological polar surface area (TPSA) is 115 Å². The Bertz CT molecular complexity index is 643. The number of non-ortho nitro benzene ring substituents is 1. The summed E-state index contributed by atoms with van der Waals surface area (Å²) < 4.78 is 0. The average Bonchev–Trinajstić information content (AvgIpc) is 2.38. The van der Waals surface area contributed by atoms with Crippen molar-refractivity contribution < 1.29 is 19.7 Å². The van der Waals surface area contributed by atoms with Crippen molar-refractivity contribution in [2.45, 2.75) is 0 Å². The van der Waals surface area contributed by atoms with Crippen LogP contribution in [-0.4, -0.2) is 27.6 Å². The highest BCUT2D eigenvalue weighted by atomic mass is 16.7. The van der Waals surface area contributed by atoms with Crippen LogP contribution < -0.4 is 5.48 Å². The number of nitro groups is 1. The lowest BCUT2D eigenvalue weighted by molar-refractivity contribution is -0.383. The number of aliphatic carboxylic acids is 1. The highest BCUT2D eigenvalue weighted by molar-refractivity contribution is 5.96. The second-order valence-electron chi connectivity index (χ2n) is 3.57. The van der Waals surface area contributed by atoms with E-state index in [1.54, 1.807) is 12.1 Å². The smallest absolute Gasteiger partial charge is 0.332 e. The average molecular weight is 263 g/mol. The van der Waals surface area contributed by atoms with E-state index in [2.05, 4.69) is 10.5 Å². The summed E-state index contributed by atoms with van der Waals surface area (Å²) in [5, 5.41) is 19.8. The Hall–Kier alpha value is -2.74. The molecule has 98 valence electrons. The van der Waals surface area contributed by atoms with Crippen LogP contribution in [0.25, 0.3) is 10.9 Å². The second-order valence-corrected chi connectivity index (χ2v) is 3.57. The number of aromatic nitrogens is 1. The van der Waals surface area contributed by atoms with Gasteiger partial charge in [-0.2, -0.15) is 0 Å². The van der Waals surface area contributed by atoms with Gasteiger partial charge in [-0.05, 0) is 18.2 Å². The van der Waals surface area contributed by atoms with E-state index < -0.39 is 17.5 Å².